The smallest absolute Gasteiger partial charge is 0.310 e. The summed E-state index contributed by atoms with van der Waals surface area (Å²) in [6, 6.07) is 5.28. The molecule has 0 bridgehead atoms. The Kier molecular flexibility index (Phi) is 5.33. The maximum absolute atomic E-state index is 12.0. The minimum Gasteiger partial charge on any atom is -0.469 e. The van der Waals surface area contributed by atoms with Gasteiger partial charge in [0.15, 0.2) is 5.78 Å². The number of hydrogen-bond donors (Lipinski definition) is 0. The Labute approximate surface area is 117 Å². The van der Waals surface area contributed by atoms with Crippen LogP contribution in [0.25, 0.3) is 0 Å². The van der Waals surface area contributed by atoms with E-state index in [1.165, 1.54) is 7.11 Å². The molecule has 0 aromatic heterocycles. The first-order valence-electron chi connectivity index (χ1n) is 4.99. The summed E-state index contributed by atoms with van der Waals surface area (Å²) in [5.74, 6) is -0.418. The number of benzene rings is 1. The van der Waals surface area contributed by atoms with Crippen LogP contribution < -0.4 is 0 Å². The summed E-state index contributed by atoms with van der Waals surface area (Å²) in [5, 5.41) is 0. The van der Waals surface area contributed by atoms with Gasteiger partial charge in [0.2, 0.25) is 0 Å². The summed E-state index contributed by atoms with van der Waals surface area (Å²) >= 11 is 6.58. The minimum absolute atomic E-state index is 0.0507. The van der Waals surface area contributed by atoms with Crippen molar-refractivity contribution < 1.29 is 14.3 Å². The first-order valence-corrected chi connectivity index (χ1v) is 6.70. The lowest BCUT2D eigenvalue weighted by Crippen LogP contribution is -2.15. The van der Waals surface area contributed by atoms with Crippen molar-refractivity contribution in [2.24, 2.45) is 0 Å². The van der Waals surface area contributed by atoms with Crippen LogP contribution in [0.1, 0.15) is 22.8 Å². The predicted octanol–water partition coefficient (Wildman–Crippen LogP) is 3.13. The van der Waals surface area contributed by atoms with E-state index in [0.717, 1.165) is 4.47 Å². The lowest BCUT2D eigenvalue weighted by atomic mass is 10.00. The molecule has 92 valence electrons. The lowest BCUT2D eigenvalue weighted by Gasteiger charge is -2.11. The molecular weight excluding hydrogens is 352 g/mol. The molecule has 0 fully saturated rings. The van der Waals surface area contributed by atoms with E-state index in [-0.39, 0.29) is 23.0 Å². The standard InChI is InChI=1S/C12H12Br2O3/c1-7(13)12(16)8-4-3-5-10(14)9(8)6-11(15)17-2/h3-5,7H,6H2,1-2H3. The second-order valence-electron chi connectivity index (χ2n) is 3.50. The summed E-state index contributed by atoms with van der Waals surface area (Å²) in [7, 11) is 1.33. The van der Waals surface area contributed by atoms with Crippen molar-refractivity contribution >= 4 is 43.6 Å². The zero-order valence-electron chi connectivity index (χ0n) is 9.50. The number of alkyl halides is 1. The number of ether oxygens (including phenoxy) is 1. The number of carbonyl (C=O) groups excluding carboxylic acids is 2. The van der Waals surface area contributed by atoms with Crippen LogP contribution in [0.5, 0.6) is 0 Å². The molecule has 0 saturated heterocycles. The van der Waals surface area contributed by atoms with Gasteiger partial charge in [-0.15, -0.1) is 0 Å². The van der Waals surface area contributed by atoms with Crippen molar-refractivity contribution in [2.75, 3.05) is 7.11 Å². The molecule has 1 aromatic rings. The number of hydrogen-bond acceptors (Lipinski definition) is 3. The molecule has 0 spiro atoms. The molecule has 0 aliphatic carbocycles. The van der Waals surface area contributed by atoms with Gasteiger partial charge >= 0.3 is 5.97 Å². The molecule has 1 rings (SSSR count). The van der Waals surface area contributed by atoms with Crippen molar-refractivity contribution in [3.63, 3.8) is 0 Å². The van der Waals surface area contributed by atoms with Crippen molar-refractivity contribution in [3.05, 3.63) is 33.8 Å². The van der Waals surface area contributed by atoms with Crippen LogP contribution in [0.4, 0.5) is 0 Å². The van der Waals surface area contributed by atoms with Crippen LogP contribution in [-0.4, -0.2) is 23.7 Å². The van der Waals surface area contributed by atoms with Crippen molar-refractivity contribution in [3.8, 4) is 0 Å². The first-order chi connectivity index (χ1) is 7.97. The normalized spacial score (nSPS) is 12.0. The van der Waals surface area contributed by atoms with Gasteiger partial charge < -0.3 is 4.74 Å². The van der Waals surface area contributed by atoms with E-state index in [1.807, 2.05) is 0 Å². The van der Waals surface area contributed by atoms with E-state index in [9.17, 15) is 9.59 Å². The Hall–Kier alpha value is -0.680. The molecule has 0 aliphatic rings. The van der Waals surface area contributed by atoms with E-state index < -0.39 is 0 Å². The second-order valence-corrected chi connectivity index (χ2v) is 5.73. The third-order valence-corrected chi connectivity index (χ3v) is 3.45. The van der Waals surface area contributed by atoms with Gasteiger partial charge in [-0.25, -0.2) is 0 Å². The van der Waals surface area contributed by atoms with Gasteiger partial charge in [0.25, 0.3) is 0 Å². The SMILES string of the molecule is COC(=O)Cc1c(Br)cccc1C(=O)C(C)Br. The summed E-state index contributed by atoms with van der Waals surface area (Å²) < 4.78 is 5.36. The number of Topliss-reactive ketones (excluding diaryl/α,β-unsaturated/α-hetero) is 1. The second kappa shape index (κ2) is 6.31. The van der Waals surface area contributed by atoms with Gasteiger partial charge in [0.05, 0.1) is 18.4 Å². The number of esters is 1. The Bertz CT molecular complexity index is 441. The van der Waals surface area contributed by atoms with Gasteiger partial charge in [-0.05, 0) is 18.6 Å². The highest BCUT2D eigenvalue weighted by atomic mass is 79.9. The van der Waals surface area contributed by atoms with Crippen LogP contribution in [0.15, 0.2) is 22.7 Å². The molecule has 17 heavy (non-hydrogen) atoms. The molecule has 0 heterocycles. The molecule has 0 N–H and O–H groups in total. The average Bonchev–Trinajstić information content (AvgIpc) is 2.30. The van der Waals surface area contributed by atoms with E-state index in [1.54, 1.807) is 25.1 Å². The van der Waals surface area contributed by atoms with Gasteiger partial charge in [0.1, 0.15) is 0 Å². The molecule has 1 unspecified atom stereocenters. The number of carbonyl (C=O) groups is 2. The lowest BCUT2D eigenvalue weighted by molar-refractivity contribution is -0.139. The van der Waals surface area contributed by atoms with Crippen LogP contribution in [0.3, 0.4) is 0 Å². The fourth-order valence-electron chi connectivity index (χ4n) is 1.40. The molecular formula is C12H12Br2O3. The molecule has 1 atom stereocenters. The van der Waals surface area contributed by atoms with E-state index >= 15 is 0 Å². The van der Waals surface area contributed by atoms with Crippen LogP contribution >= 0.6 is 31.9 Å². The zero-order chi connectivity index (χ0) is 13.0. The Morgan fingerprint density at radius 3 is 2.59 bits per heavy atom. The fourth-order valence-corrected chi connectivity index (χ4v) is 2.15. The van der Waals surface area contributed by atoms with Gasteiger partial charge in [-0.2, -0.15) is 0 Å². The molecule has 5 heteroatoms. The maximum Gasteiger partial charge on any atom is 0.310 e. The zero-order valence-corrected chi connectivity index (χ0v) is 12.7. The van der Waals surface area contributed by atoms with Gasteiger partial charge in [0, 0.05) is 10.0 Å². The monoisotopic (exact) mass is 362 g/mol. The van der Waals surface area contributed by atoms with Crippen molar-refractivity contribution in [2.45, 2.75) is 18.2 Å². The first kappa shape index (κ1) is 14.4. The van der Waals surface area contributed by atoms with Crippen LogP contribution in [0, 0.1) is 0 Å². The fraction of sp³-hybridized carbons (Fsp3) is 0.333. The highest BCUT2D eigenvalue weighted by Gasteiger charge is 2.19. The van der Waals surface area contributed by atoms with E-state index in [4.69, 9.17) is 0 Å². The largest absolute Gasteiger partial charge is 0.469 e. The molecule has 3 nitrogen and oxygen atoms in total. The third kappa shape index (κ3) is 3.64. The van der Waals surface area contributed by atoms with Crippen LogP contribution in [-0.2, 0) is 16.0 Å². The predicted molar refractivity (Wildman–Crippen MR) is 72.6 cm³/mol. The van der Waals surface area contributed by atoms with Crippen molar-refractivity contribution in [1.82, 2.24) is 0 Å². The van der Waals surface area contributed by atoms with E-state index in [2.05, 4.69) is 36.6 Å². The average molecular weight is 364 g/mol. The summed E-state index contributed by atoms with van der Waals surface area (Å²) in [6.45, 7) is 1.76. The molecule has 1 aromatic carbocycles. The topological polar surface area (TPSA) is 43.4 Å². The minimum atomic E-state index is -0.367. The quantitative estimate of drug-likeness (QED) is 0.469. The number of methoxy groups -OCH3 is 1. The summed E-state index contributed by atoms with van der Waals surface area (Å²) in [4.78, 5) is 23.0. The van der Waals surface area contributed by atoms with E-state index in [0.29, 0.717) is 11.1 Å². The van der Waals surface area contributed by atoms with Crippen molar-refractivity contribution in [1.29, 1.82) is 0 Å². The molecule has 0 saturated carbocycles. The Balaban J connectivity index is 3.17. The molecule has 0 amide bonds. The number of halogens is 2. The highest BCUT2D eigenvalue weighted by Crippen LogP contribution is 2.24. The highest BCUT2D eigenvalue weighted by molar-refractivity contribution is 9.10. The van der Waals surface area contributed by atoms with Gasteiger partial charge in [-0.3, -0.25) is 9.59 Å². The van der Waals surface area contributed by atoms with Crippen LogP contribution in [0.2, 0.25) is 0 Å². The third-order valence-electron chi connectivity index (χ3n) is 2.29. The number of rotatable bonds is 4. The maximum atomic E-state index is 12.0. The Morgan fingerprint density at radius 1 is 1.41 bits per heavy atom. The molecule has 0 radical (unpaired) electrons. The van der Waals surface area contributed by atoms with Gasteiger partial charge in [-0.1, -0.05) is 44.0 Å². The Morgan fingerprint density at radius 2 is 2.06 bits per heavy atom. The molecule has 0 aliphatic heterocycles. The summed E-state index contributed by atoms with van der Waals surface area (Å²) in [6.07, 6.45) is 0.0821. The number of ketones is 1. The summed E-state index contributed by atoms with van der Waals surface area (Å²) in [5.41, 5.74) is 1.20.